The molecule has 2 N–H and O–H groups in total. The average molecular weight is 431 g/mol. The van der Waals surface area contributed by atoms with Gasteiger partial charge in [-0.3, -0.25) is 9.59 Å². The van der Waals surface area contributed by atoms with Gasteiger partial charge in [-0.2, -0.15) is 0 Å². The molecule has 6 heteroatoms. The Kier molecular flexibility index (Phi) is 7.15. The van der Waals surface area contributed by atoms with Gasteiger partial charge in [0.1, 0.15) is 5.75 Å². The Hall–Kier alpha value is -3.64. The van der Waals surface area contributed by atoms with Gasteiger partial charge in [0.2, 0.25) is 0 Å². The van der Waals surface area contributed by atoms with Gasteiger partial charge in [0.25, 0.3) is 11.8 Å². The van der Waals surface area contributed by atoms with Gasteiger partial charge in [0.15, 0.2) is 6.61 Å². The normalized spacial score (nSPS) is 15.2. The summed E-state index contributed by atoms with van der Waals surface area (Å²) < 4.78 is 11.4. The number of carbonyl (C=O) groups excluding carboxylic acids is 2. The van der Waals surface area contributed by atoms with E-state index in [1.165, 1.54) is 0 Å². The number of carbonyl (C=O) groups is 2. The number of nitrogens with one attached hydrogen (secondary N) is 2. The van der Waals surface area contributed by atoms with Crippen LogP contribution in [0.25, 0.3) is 11.1 Å². The molecule has 0 saturated carbocycles. The van der Waals surface area contributed by atoms with Crippen molar-refractivity contribution in [1.82, 2.24) is 5.32 Å². The lowest BCUT2D eigenvalue weighted by molar-refractivity contribution is -0.118. The zero-order valence-corrected chi connectivity index (χ0v) is 17.8. The molecule has 2 amide bonds. The average Bonchev–Trinajstić information content (AvgIpc) is 3.36. The largest absolute Gasteiger partial charge is 0.483 e. The predicted octanol–water partition coefficient (Wildman–Crippen LogP) is 4.28. The number of rotatable bonds is 8. The van der Waals surface area contributed by atoms with Gasteiger partial charge < -0.3 is 20.1 Å². The van der Waals surface area contributed by atoms with E-state index in [9.17, 15) is 9.59 Å². The minimum Gasteiger partial charge on any atom is -0.483 e. The van der Waals surface area contributed by atoms with Crippen LogP contribution in [-0.4, -0.2) is 37.7 Å². The number of ether oxygens (including phenoxy) is 2. The molecule has 164 valence electrons. The summed E-state index contributed by atoms with van der Waals surface area (Å²) in [5.41, 5.74) is 2.78. The van der Waals surface area contributed by atoms with Crippen LogP contribution in [0.3, 0.4) is 0 Å². The zero-order chi connectivity index (χ0) is 22.2. The molecular weight excluding hydrogens is 404 g/mol. The molecule has 4 rings (SSSR count). The summed E-state index contributed by atoms with van der Waals surface area (Å²) in [7, 11) is 0. The fourth-order valence-corrected chi connectivity index (χ4v) is 3.68. The molecule has 0 aliphatic carbocycles. The van der Waals surface area contributed by atoms with E-state index in [-0.39, 0.29) is 24.5 Å². The smallest absolute Gasteiger partial charge is 0.262 e. The van der Waals surface area contributed by atoms with Crippen LogP contribution in [0.2, 0.25) is 0 Å². The standard InChI is InChI=1S/C26H26N2O4/c29-25(18-32-24-15-7-5-12-21(24)19-9-2-1-3-10-19)28-23-14-6-4-13-22(23)26(30)27-17-20-11-8-16-31-20/h1-7,9-10,12-15,20H,8,11,16-18H2,(H,27,30)(H,28,29). The number of hydrogen-bond donors (Lipinski definition) is 2. The number of anilines is 1. The molecule has 1 aliphatic heterocycles. The topological polar surface area (TPSA) is 76.7 Å². The van der Waals surface area contributed by atoms with Crippen molar-refractivity contribution >= 4 is 17.5 Å². The van der Waals surface area contributed by atoms with Gasteiger partial charge in [-0.1, -0.05) is 60.7 Å². The van der Waals surface area contributed by atoms with Crippen molar-refractivity contribution < 1.29 is 19.1 Å². The highest BCUT2D eigenvalue weighted by atomic mass is 16.5. The molecule has 1 aliphatic rings. The summed E-state index contributed by atoms with van der Waals surface area (Å²) in [6.45, 7) is 1.02. The van der Waals surface area contributed by atoms with E-state index in [0.717, 1.165) is 30.6 Å². The first-order valence-electron chi connectivity index (χ1n) is 10.8. The Balaban J connectivity index is 1.38. The van der Waals surface area contributed by atoms with Crippen molar-refractivity contribution in [2.75, 3.05) is 25.1 Å². The van der Waals surface area contributed by atoms with E-state index < -0.39 is 0 Å². The van der Waals surface area contributed by atoms with Crippen LogP contribution in [0.4, 0.5) is 5.69 Å². The molecule has 1 fully saturated rings. The number of para-hydroxylation sites is 2. The third-order valence-corrected chi connectivity index (χ3v) is 5.29. The Morgan fingerprint density at radius 2 is 1.69 bits per heavy atom. The van der Waals surface area contributed by atoms with E-state index in [1.54, 1.807) is 24.3 Å². The van der Waals surface area contributed by atoms with Crippen LogP contribution in [-0.2, 0) is 9.53 Å². The highest BCUT2D eigenvalue weighted by Crippen LogP contribution is 2.29. The Bertz CT molecular complexity index is 1060. The molecule has 3 aromatic carbocycles. The first kappa shape index (κ1) is 21.6. The van der Waals surface area contributed by atoms with Crippen molar-refractivity contribution in [3.05, 3.63) is 84.4 Å². The van der Waals surface area contributed by atoms with Gasteiger partial charge >= 0.3 is 0 Å². The fourth-order valence-electron chi connectivity index (χ4n) is 3.68. The van der Waals surface area contributed by atoms with E-state index in [0.29, 0.717) is 23.5 Å². The monoisotopic (exact) mass is 430 g/mol. The molecule has 0 radical (unpaired) electrons. The third-order valence-electron chi connectivity index (χ3n) is 5.29. The van der Waals surface area contributed by atoms with E-state index in [1.807, 2.05) is 54.6 Å². The molecule has 6 nitrogen and oxygen atoms in total. The van der Waals surface area contributed by atoms with Crippen molar-refractivity contribution in [2.24, 2.45) is 0 Å². The highest BCUT2D eigenvalue weighted by molar-refractivity contribution is 6.04. The van der Waals surface area contributed by atoms with Crippen molar-refractivity contribution in [3.63, 3.8) is 0 Å². The summed E-state index contributed by atoms with van der Waals surface area (Å²) >= 11 is 0. The molecule has 3 aromatic rings. The molecular formula is C26H26N2O4. The first-order chi connectivity index (χ1) is 15.7. The van der Waals surface area contributed by atoms with Crippen molar-refractivity contribution in [1.29, 1.82) is 0 Å². The molecule has 1 heterocycles. The minimum absolute atomic E-state index is 0.0544. The predicted molar refractivity (Wildman–Crippen MR) is 124 cm³/mol. The summed E-state index contributed by atoms with van der Waals surface area (Å²) in [6.07, 6.45) is 2.01. The van der Waals surface area contributed by atoms with Crippen LogP contribution < -0.4 is 15.4 Å². The van der Waals surface area contributed by atoms with Gasteiger partial charge in [-0.25, -0.2) is 0 Å². The summed E-state index contributed by atoms with van der Waals surface area (Å²) in [4.78, 5) is 25.2. The van der Waals surface area contributed by atoms with Gasteiger partial charge in [0, 0.05) is 18.7 Å². The Labute approximate surface area is 187 Å². The lowest BCUT2D eigenvalue weighted by atomic mass is 10.1. The summed E-state index contributed by atoms with van der Waals surface area (Å²) in [5, 5.41) is 5.68. The van der Waals surface area contributed by atoms with Crippen LogP contribution in [0, 0.1) is 0 Å². The molecule has 0 spiro atoms. The molecule has 0 bridgehead atoms. The molecule has 0 aromatic heterocycles. The van der Waals surface area contributed by atoms with Gasteiger partial charge in [0.05, 0.1) is 17.4 Å². The van der Waals surface area contributed by atoms with Crippen molar-refractivity contribution in [3.8, 4) is 16.9 Å². The number of benzene rings is 3. The van der Waals surface area contributed by atoms with Crippen LogP contribution >= 0.6 is 0 Å². The summed E-state index contributed by atoms with van der Waals surface area (Å²) in [5.74, 6) is 0.0374. The zero-order valence-electron chi connectivity index (χ0n) is 17.8. The maximum atomic E-state index is 12.6. The van der Waals surface area contributed by atoms with E-state index in [2.05, 4.69) is 10.6 Å². The van der Waals surface area contributed by atoms with Crippen LogP contribution in [0.15, 0.2) is 78.9 Å². The molecule has 1 atom stereocenters. The second-order valence-electron chi connectivity index (χ2n) is 7.59. The lowest BCUT2D eigenvalue weighted by Gasteiger charge is -2.15. The second-order valence-corrected chi connectivity index (χ2v) is 7.59. The quantitative estimate of drug-likeness (QED) is 0.559. The lowest BCUT2D eigenvalue weighted by Crippen LogP contribution is -2.32. The van der Waals surface area contributed by atoms with Crippen LogP contribution in [0.1, 0.15) is 23.2 Å². The number of hydrogen-bond acceptors (Lipinski definition) is 4. The number of amides is 2. The third kappa shape index (κ3) is 5.53. The van der Waals surface area contributed by atoms with Crippen LogP contribution in [0.5, 0.6) is 5.75 Å². The maximum absolute atomic E-state index is 12.6. The second kappa shape index (κ2) is 10.6. The first-order valence-corrected chi connectivity index (χ1v) is 10.8. The Morgan fingerprint density at radius 1 is 0.938 bits per heavy atom. The maximum Gasteiger partial charge on any atom is 0.262 e. The van der Waals surface area contributed by atoms with Gasteiger partial charge in [-0.15, -0.1) is 0 Å². The highest BCUT2D eigenvalue weighted by Gasteiger charge is 2.18. The molecule has 32 heavy (non-hydrogen) atoms. The summed E-state index contributed by atoms with van der Waals surface area (Å²) in [6, 6.07) is 24.4. The van der Waals surface area contributed by atoms with Gasteiger partial charge in [-0.05, 0) is 36.6 Å². The van der Waals surface area contributed by atoms with Crippen molar-refractivity contribution in [2.45, 2.75) is 18.9 Å². The SMILES string of the molecule is O=C(COc1ccccc1-c1ccccc1)Nc1ccccc1C(=O)NCC1CCCO1. The minimum atomic E-state index is -0.341. The molecule has 1 saturated heterocycles. The van der Waals surface area contributed by atoms with E-state index in [4.69, 9.17) is 9.47 Å². The molecule has 1 unspecified atom stereocenters. The fraction of sp³-hybridized carbons (Fsp3) is 0.231. The van der Waals surface area contributed by atoms with E-state index >= 15 is 0 Å². The Morgan fingerprint density at radius 3 is 2.50 bits per heavy atom.